The van der Waals surface area contributed by atoms with Crippen LogP contribution in [-0.2, 0) is 0 Å². The Morgan fingerprint density at radius 3 is 2.47 bits per heavy atom. The number of hydrogen-bond donors (Lipinski definition) is 1. The zero-order valence-electron chi connectivity index (χ0n) is 11.6. The first-order valence-corrected chi connectivity index (χ1v) is 7.55. The van der Waals surface area contributed by atoms with Gasteiger partial charge in [-0.05, 0) is 32.4 Å². The van der Waals surface area contributed by atoms with Crippen LogP contribution in [0, 0.1) is 0 Å². The Hall–Kier alpha value is -0.120. The molecule has 3 nitrogen and oxygen atoms in total. The van der Waals surface area contributed by atoms with Gasteiger partial charge in [0.15, 0.2) is 0 Å². The van der Waals surface area contributed by atoms with Crippen LogP contribution in [0.4, 0.5) is 0 Å². The number of rotatable bonds is 5. The molecule has 2 aliphatic rings. The molecule has 100 valence electrons. The summed E-state index contributed by atoms with van der Waals surface area (Å²) >= 11 is 0. The van der Waals surface area contributed by atoms with Crippen LogP contribution in [0.5, 0.6) is 0 Å². The van der Waals surface area contributed by atoms with Gasteiger partial charge in [0.25, 0.3) is 0 Å². The predicted molar refractivity (Wildman–Crippen MR) is 73.4 cm³/mol. The Balaban J connectivity index is 1.80. The smallest absolute Gasteiger partial charge is 0.0250 e. The lowest BCUT2D eigenvalue weighted by atomic mass is 10.1. The molecule has 17 heavy (non-hydrogen) atoms. The highest BCUT2D eigenvalue weighted by molar-refractivity contribution is 4.92. The van der Waals surface area contributed by atoms with Gasteiger partial charge in [-0.2, -0.15) is 0 Å². The summed E-state index contributed by atoms with van der Waals surface area (Å²) in [5.74, 6) is 0. The van der Waals surface area contributed by atoms with Crippen molar-refractivity contribution < 1.29 is 0 Å². The highest BCUT2D eigenvalue weighted by atomic mass is 15.3. The van der Waals surface area contributed by atoms with Crippen molar-refractivity contribution >= 4 is 0 Å². The Bertz CT molecular complexity index is 212. The molecular formula is C14H29N3. The first kappa shape index (κ1) is 13.3. The van der Waals surface area contributed by atoms with Crippen LogP contribution in [0.3, 0.4) is 0 Å². The van der Waals surface area contributed by atoms with Gasteiger partial charge in [0.2, 0.25) is 0 Å². The van der Waals surface area contributed by atoms with Crippen molar-refractivity contribution in [1.29, 1.82) is 0 Å². The lowest BCUT2D eigenvalue weighted by Gasteiger charge is -2.40. The van der Waals surface area contributed by atoms with Gasteiger partial charge >= 0.3 is 0 Å². The van der Waals surface area contributed by atoms with Crippen molar-refractivity contribution in [2.75, 3.05) is 39.3 Å². The zero-order valence-corrected chi connectivity index (χ0v) is 11.6. The van der Waals surface area contributed by atoms with Gasteiger partial charge in [0.05, 0.1) is 0 Å². The normalized spacial score (nSPS) is 32.1. The summed E-state index contributed by atoms with van der Waals surface area (Å²) in [5, 5.41) is 3.75. The summed E-state index contributed by atoms with van der Waals surface area (Å²) in [6.07, 6.45) is 5.47. The minimum atomic E-state index is 0.767. The molecule has 0 bridgehead atoms. The third-order valence-electron chi connectivity index (χ3n) is 4.46. The largest absolute Gasteiger partial charge is 0.312 e. The highest BCUT2D eigenvalue weighted by Gasteiger charge is 2.32. The van der Waals surface area contributed by atoms with Gasteiger partial charge < -0.3 is 10.2 Å². The monoisotopic (exact) mass is 239 g/mol. The second-order valence-electron chi connectivity index (χ2n) is 5.53. The Labute approximate surface area is 107 Å². The third kappa shape index (κ3) is 3.43. The lowest BCUT2D eigenvalue weighted by Crippen LogP contribution is -2.54. The molecule has 1 aliphatic carbocycles. The van der Waals surface area contributed by atoms with Crippen LogP contribution < -0.4 is 5.32 Å². The molecule has 0 spiro atoms. The van der Waals surface area contributed by atoms with E-state index in [2.05, 4.69) is 29.0 Å². The average Bonchev–Trinajstić information content (AvgIpc) is 2.84. The predicted octanol–water partition coefficient (Wildman–Crippen LogP) is 1.54. The summed E-state index contributed by atoms with van der Waals surface area (Å²) < 4.78 is 0. The van der Waals surface area contributed by atoms with E-state index in [0.717, 1.165) is 12.1 Å². The van der Waals surface area contributed by atoms with E-state index >= 15 is 0 Å². The molecule has 0 aromatic carbocycles. The van der Waals surface area contributed by atoms with E-state index in [4.69, 9.17) is 0 Å². The van der Waals surface area contributed by atoms with Crippen LogP contribution >= 0.6 is 0 Å². The first-order valence-electron chi connectivity index (χ1n) is 7.55. The lowest BCUT2D eigenvalue weighted by molar-refractivity contribution is 0.0897. The van der Waals surface area contributed by atoms with Crippen LogP contribution in [0.15, 0.2) is 0 Å². The van der Waals surface area contributed by atoms with E-state index in [1.807, 2.05) is 0 Å². The summed E-state index contributed by atoms with van der Waals surface area (Å²) in [5.41, 5.74) is 0. The number of nitrogens with zero attached hydrogens (tertiary/aromatic N) is 2. The van der Waals surface area contributed by atoms with Crippen molar-refractivity contribution in [2.24, 2.45) is 0 Å². The topological polar surface area (TPSA) is 18.5 Å². The van der Waals surface area contributed by atoms with E-state index in [0.29, 0.717) is 0 Å². The van der Waals surface area contributed by atoms with Crippen molar-refractivity contribution in [1.82, 2.24) is 15.1 Å². The van der Waals surface area contributed by atoms with Crippen molar-refractivity contribution in [3.05, 3.63) is 0 Å². The molecule has 3 heteroatoms. The number of hydrogen-bond acceptors (Lipinski definition) is 3. The first-order chi connectivity index (χ1) is 8.35. The van der Waals surface area contributed by atoms with E-state index < -0.39 is 0 Å². The van der Waals surface area contributed by atoms with Crippen LogP contribution in [-0.4, -0.2) is 61.2 Å². The molecule has 0 amide bonds. The summed E-state index contributed by atoms with van der Waals surface area (Å²) in [7, 11) is 0. The molecule has 1 aliphatic heterocycles. The molecule has 2 unspecified atom stereocenters. The SMILES string of the molecule is CCCNC1CCCC1N1CCN(CC)CC1. The fourth-order valence-corrected chi connectivity index (χ4v) is 3.36. The van der Waals surface area contributed by atoms with E-state index in [9.17, 15) is 0 Å². The van der Waals surface area contributed by atoms with Crippen molar-refractivity contribution in [3.63, 3.8) is 0 Å². The van der Waals surface area contributed by atoms with E-state index in [1.165, 1.54) is 65.0 Å². The molecular weight excluding hydrogens is 210 g/mol. The molecule has 1 N–H and O–H groups in total. The standard InChI is InChI=1S/C14H29N3/c1-3-8-15-13-6-5-7-14(13)17-11-9-16(4-2)10-12-17/h13-15H,3-12H2,1-2H3. The molecule has 1 saturated carbocycles. The molecule has 2 atom stereocenters. The molecule has 1 heterocycles. The minimum absolute atomic E-state index is 0.767. The molecule has 2 fully saturated rings. The molecule has 0 aromatic heterocycles. The minimum Gasteiger partial charge on any atom is -0.312 e. The Morgan fingerprint density at radius 1 is 1.06 bits per heavy atom. The fourth-order valence-electron chi connectivity index (χ4n) is 3.36. The van der Waals surface area contributed by atoms with Crippen molar-refractivity contribution in [2.45, 2.75) is 51.6 Å². The molecule has 0 aromatic rings. The number of nitrogens with one attached hydrogen (secondary N) is 1. The number of likely N-dealkylation sites (N-methyl/N-ethyl adjacent to an activating group) is 1. The van der Waals surface area contributed by atoms with Gasteiger partial charge in [-0.25, -0.2) is 0 Å². The van der Waals surface area contributed by atoms with Gasteiger partial charge in [-0.3, -0.25) is 4.90 Å². The molecule has 1 saturated heterocycles. The highest BCUT2D eigenvalue weighted by Crippen LogP contribution is 2.25. The average molecular weight is 239 g/mol. The summed E-state index contributed by atoms with van der Waals surface area (Å²) in [6.45, 7) is 12.0. The van der Waals surface area contributed by atoms with Crippen LogP contribution in [0.25, 0.3) is 0 Å². The molecule has 2 rings (SSSR count). The van der Waals surface area contributed by atoms with Crippen LogP contribution in [0.1, 0.15) is 39.5 Å². The second-order valence-corrected chi connectivity index (χ2v) is 5.53. The maximum atomic E-state index is 3.75. The fraction of sp³-hybridized carbons (Fsp3) is 1.00. The summed E-state index contributed by atoms with van der Waals surface area (Å²) in [6, 6.07) is 1.59. The van der Waals surface area contributed by atoms with Gasteiger partial charge in [-0.1, -0.05) is 20.3 Å². The third-order valence-corrected chi connectivity index (χ3v) is 4.46. The van der Waals surface area contributed by atoms with Gasteiger partial charge in [0, 0.05) is 38.3 Å². The Kier molecular flexibility index (Phi) is 5.26. The zero-order chi connectivity index (χ0) is 12.1. The van der Waals surface area contributed by atoms with E-state index in [-0.39, 0.29) is 0 Å². The maximum Gasteiger partial charge on any atom is 0.0250 e. The van der Waals surface area contributed by atoms with Crippen LogP contribution in [0.2, 0.25) is 0 Å². The quantitative estimate of drug-likeness (QED) is 0.785. The second kappa shape index (κ2) is 6.72. The number of piperazine rings is 1. The Morgan fingerprint density at radius 2 is 1.82 bits per heavy atom. The maximum absolute atomic E-state index is 3.75. The van der Waals surface area contributed by atoms with Gasteiger partial charge in [-0.15, -0.1) is 0 Å². The molecule has 0 radical (unpaired) electrons. The van der Waals surface area contributed by atoms with Gasteiger partial charge in [0.1, 0.15) is 0 Å². The summed E-state index contributed by atoms with van der Waals surface area (Å²) in [4.78, 5) is 5.31. The van der Waals surface area contributed by atoms with E-state index in [1.54, 1.807) is 0 Å². The van der Waals surface area contributed by atoms with Crippen molar-refractivity contribution in [3.8, 4) is 0 Å².